The molecule has 19 heavy (non-hydrogen) atoms. The van der Waals surface area contributed by atoms with Crippen LogP contribution < -0.4 is 21.8 Å². The molecule has 2 aromatic rings. The molecule has 2 rings (SSSR count). The molecule has 6 nitrogen and oxygen atoms in total. The molecule has 0 fully saturated rings. The normalized spacial score (nSPS) is 10.1. The van der Waals surface area contributed by atoms with Crippen molar-refractivity contribution in [3.8, 4) is 5.75 Å². The standard InChI is InChI=1S/C13H13N3O3/c14-10-3-6-12(17)16(8-10)7-9-1-4-11(5-2-9)19-13(15)18/h1-6,8H,7,14H2,(H2,15,18). The number of nitrogens with zero attached hydrogens (tertiary/aromatic N) is 1. The lowest BCUT2D eigenvalue weighted by molar-refractivity contribution is 0.211. The number of aromatic nitrogens is 1. The van der Waals surface area contributed by atoms with Crippen LogP contribution in [0, 0.1) is 0 Å². The molecule has 0 spiro atoms. The summed E-state index contributed by atoms with van der Waals surface area (Å²) >= 11 is 0. The van der Waals surface area contributed by atoms with Crippen molar-refractivity contribution in [2.45, 2.75) is 6.54 Å². The summed E-state index contributed by atoms with van der Waals surface area (Å²) in [5, 5.41) is 0. The Morgan fingerprint density at radius 1 is 1.16 bits per heavy atom. The minimum Gasteiger partial charge on any atom is -0.411 e. The molecule has 0 atom stereocenters. The summed E-state index contributed by atoms with van der Waals surface area (Å²) in [6.07, 6.45) is 0.718. The quantitative estimate of drug-likeness (QED) is 0.856. The Labute approximate surface area is 109 Å². The highest BCUT2D eigenvalue weighted by Crippen LogP contribution is 2.13. The van der Waals surface area contributed by atoms with Crippen LogP contribution in [0.25, 0.3) is 0 Å². The van der Waals surface area contributed by atoms with E-state index in [9.17, 15) is 9.59 Å². The maximum Gasteiger partial charge on any atom is 0.409 e. The molecular formula is C13H13N3O3. The minimum atomic E-state index is -0.861. The Bertz CT molecular complexity index is 647. The average Bonchev–Trinajstić information content (AvgIpc) is 2.35. The monoisotopic (exact) mass is 259 g/mol. The zero-order valence-electron chi connectivity index (χ0n) is 10.1. The lowest BCUT2D eigenvalue weighted by Gasteiger charge is -2.07. The number of ether oxygens (including phenoxy) is 1. The van der Waals surface area contributed by atoms with Crippen molar-refractivity contribution in [1.82, 2.24) is 4.57 Å². The number of pyridine rings is 1. The minimum absolute atomic E-state index is 0.133. The molecule has 0 aliphatic heterocycles. The SMILES string of the molecule is NC(=O)Oc1ccc(Cn2cc(N)ccc2=O)cc1. The number of primary amides is 1. The highest BCUT2D eigenvalue weighted by Gasteiger charge is 2.01. The molecule has 4 N–H and O–H groups in total. The second kappa shape index (κ2) is 5.26. The zero-order chi connectivity index (χ0) is 13.8. The second-order valence-electron chi connectivity index (χ2n) is 3.99. The molecule has 6 heteroatoms. The number of hydrogen-bond acceptors (Lipinski definition) is 4. The predicted molar refractivity (Wildman–Crippen MR) is 70.9 cm³/mol. The molecule has 0 saturated heterocycles. The van der Waals surface area contributed by atoms with Crippen LogP contribution >= 0.6 is 0 Å². The smallest absolute Gasteiger partial charge is 0.409 e. The van der Waals surface area contributed by atoms with Gasteiger partial charge in [0.1, 0.15) is 5.75 Å². The van der Waals surface area contributed by atoms with Crippen molar-refractivity contribution in [3.05, 3.63) is 58.5 Å². The van der Waals surface area contributed by atoms with E-state index < -0.39 is 6.09 Å². The first kappa shape index (κ1) is 12.7. The molecule has 0 aliphatic rings. The van der Waals surface area contributed by atoms with E-state index in [2.05, 4.69) is 0 Å². The number of hydrogen-bond donors (Lipinski definition) is 2. The third-order valence-electron chi connectivity index (χ3n) is 2.50. The molecule has 1 amide bonds. The fourth-order valence-electron chi connectivity index (χ4n) is 1.65. The molecular weight excluding hydrogens is 246 g/mol. The zero-order valence-corrected chi connectivity index (χ0v) is 10.1. The first-order valence-corrected chi connectivity index (χ1v) is 5.57. The number of nitrogens with two attached hydrogens (primary N) is 2. The van der Waals surface area contributed by atoms with Crippen LogP contribution in [0.1, 0.15) is 5.56 Å². The number of carbonyl (C=O) groups excluding carboxylic acids is 1. The van der Waals surface area contributed by atoms with E-state index in [4.69, 9.17) is 16.2 Å². The van der Waals surface area contributed by atoms with Crippen LogP contribution in [-0.2, 0) is 6.54 Å². The molecule has 1 aromatic heterocycles. The number of rotatable bonds is 3. The van der Waals surface area contributed by atoms with Crippen LogP contribution in [0.15, 0.2) is 47.4 Å². The van der Waals surface area contributed by atoms with Crippen LogP contribution in [0.3, 0.4) is 0 Å². The number of benzene rings is 1. The van der Waals surface area contributed by atoms with Gasteiger partial charge < -0.3 is 20.8 Å². The fourth-order valence-corrected chi connectivity index (χ4v) is 1.65. The van der Waals surface area contributed by atoms with Gasteiger partial charge in [0.05, 0.1) is 6.54 Å². The molecule has 0 aliphatic carbocycles. The third kappa shape index (κ3) is 3.35. The molecule has 0 saturated carbocycles. The second-order valence-corrected chi connectivity index (χ2v) is 3.99. The van der Waals surface area contributed by atoms with Crippen LogP contribution in [0.2, 0.25) is 0 Å². The summed E-state index contributed by atoms with van der Waals surface area (Å²) in [6, 6.07) is 9.68. The summed E-state index contributed by atoms with van der Waals surface area (Å²) < 4.78 is 6.21. The van der Waals surface area contributed by atoms with Gasteiger partial charge in [-0.1, -0.05) is 12.1 Å². The molecule has 98 valence electrons. The Balaban J connectivity index is 2.17. The highest BCUT2D eigenvalue weighted by molar-refractivity contribution is 5.68. The van der Waals surface area contributed by atoms with Gasteiger partial charge in [-0.05, 0) is 23.8 Å². The average molecular weight is 259 g/mol. The first-order valence-electron chi connectivity index (χ1n) is 5.57. The number of nitrogen functional groups attached to an aromatic ring is 1. The molecule has 0 unspecified atom stereocenters. The van der Waals surface area contributed by atoms with Crippen LogP contribution in [0.4, 0.5) is 10.5 Å². The maximum absolute atomic E-state index is 11.6. The fraction of sp³-hybridized carbons (Fsp3) is 0.0769. The highest BCUT2D eigenvalue weighted by atomic mass is 16.5. The van der Waals surface area contributed by atoms with Crippen molar-refractivity contribution in [2.24, 2.45) is 5.73 Å². The van der Waals surface area contributed by atoms with Crippen molar-refractivity contribution in [3.63, 3.8) is 0 Å². The summed E-state index contributed by atoms with van der Waals surface area (Å²) in [5.41, 5.74) is 11.8. The van der Waals surface area contributed by atoms with E-state index in [0.717, 1.165) is 5.56 Å². The van der Waals surface area contributed by atoms with Gasteiger partial charge in [0.25, 0.3) is 5.56 Å². The Morgan fingerprint density at radius 3 is 2.47 bits per heavy atom. The van der Waals surface area contributed by atoms with Crippen molar-refractivity contribution in [1.29, 1.82) is 0 Å². The third-order valence-corrected chi connectivity index (χ3v) is 2.50. The Kier molecular flexibility index (Phi) is 3.51. The van der Waals surface area contributed by atoms with Crippen molar-refractivity contribution in [2.75, 3.05) is 5.73 Å². The Morgan fingerprint density at radius 2 is 1.84 bits per heavy atom. The maximum atomic E-state index is 11.6. The molecule has 0 radical (unpaired) electrons. The summed E-state index contributed by atoms with van der Waals surface area (Å²) in [6.45, 7) is 0.390. The number of carbonyl (C=O) groups is 1. The van der Waals surface area contributed by atoms with Gasteiger partial charge in [-0.3, -0.25) is 4.79 Å². The van der Waals surface area contributed by atoms with Gasteiger partial charge in [0.2, 0.25) is 0 Å². The van der Waals surface area contributed by atoms with Crippen LogP contribution in [0.5, 0.6) is 5.75 Å². The van der Waals surface area contributed by atoms with E-state index >= 15 is 0 Å². The first-order chi connectivity index (χ1) is 9.04. The van der Waals surface area contributed by atoms with E-state index in [-0.39, 0.29) is 5.56 Å². The van der Waals surface area contributed by atoms with E-state index in [0.29, 0.717) is 18.0 Å². The van der Waals surface area contributed by atoms with E-state index in [1.165, 1.54) is 10.6 Å². The van der Waals surface area contributed by atoms with Crippen LogP contribution in [-0.4, -0.2) is 10.7 Å². The topological polar surface area (TPSA) is 100 Å². The van der Waals surface area contributed by atoms with Crippen molar-refractivity contribution < 1.29 is 9.53 Å². The molecule has 1 heterocycles. The summed E-state index contributed by atoms with van der Waals surface area (Å²) in [4.78, 5) is 22.2. The van der Waals surface area contributed by atoms with Gasteiger partial charge in [0, 0.05) is 18.0 Å². The van der Waals surface area contributed by atoms with E-state index in [1.807, 2.05) is 0 Å². The largest absolute Gasteiger partial charge is 0.411 e. The van der Waals surface area contributed by atoms with Gasteiger partial charge in [-0.15, -0.1) is 0 Å². The lowest BCUT2D eigenvalue weighted by Crippen LogP contribution is -2.19. The summed E-state index contributed by atoms with van der Waals surface area (Å²) in [5.74, 6) is 0.358. The number of anilines is 1. The van der Waals surface area contributed by atoms with Gasteiger partial charge in [0.15, 0.2) is 0 Å². The van der Waals surface area contributed by atoms with Crippen molar-refractivity contribution >= 4 is 11.8 Å². The van der Waals surface area contributed by atoms with Gasteiger partial charge in [-0.25, -0.2) is 4.79 Å². The number of amides is 1. The summed E-state index contributed by atoms with van der Waals surface area (Å²) in [7, 11) is 0. The predicted octanol–water partition coefficient (Wildman–Crippen LogP) is 0.936. The van der Waals surface area contributed by atoms with Gasteiger partial charge in [-0.2, -0.15) is 0 Å². The van der Waals surface area contributed by atoms with E-state index in [1.54, 1.807) is 36.5 Å². The molecule has 1 aromatic carbocycles. The Hall–Kier alpha value is -2.76. The van der Waals surface area contributed by atoms with Gasteiger partial charge >= 0.3 is 6.09 Å². The lowest BCUT2D eigenvalue weighted by atomic mass is 10.2. The molecule has 0 bridgehead atoms.